The summed E-state index contributed by atoms with van der Waals surface area (Å²) in [6.07, 6.45) is 0. The Bertz CT molecular complexity index is 282. The van der Waals surface area contributed by atoms with Crippen molar-refractivity contribution in [1.82, 2.24) is 5.32 Å². The minimum absolute atomic E-state index is 0.284. The van der Waals surface area contributed by atoms with Crippen LogP contribution in [-0.2, 0) is 5.60 Å². The summed E-state index contributed by atoms with van der Waals surface area (Å²) in [7, 11) is 0. The Morgan fingerprint density at radius 1 is 1.36 bits per heavy atom. The molecule has 0 fully saturated rings. The van der Waals surface area contributed by atoms with Crippen molar-refractivity contribution in [3.8, 4) is 0 Å². The number of nitrogens with one attached hydrogen (secondary N) is 1. The Morgan fingerprint density at radius 2 is 1.93 bits per heavy atom. The molecule has 0 heterocycles. The summed E-state index contributed by atoms with van der Waals surface area (Å²) in [4.78, 5) is 0. The number of benzene rings is 1. The molecule has 0 aromatic heterocycles. The molecule has 0 aliphatic rings. The van der Waals surface area contributed by atoms with Gasteiger partial charge in [0.1, 0.15) is 5.82 Å². The van der Waals surface area contributed by atoms with Crippen molar-refractivity contribution >= 4 is 0 Å². The maximum Gasteiger partial charge on any atom is 0.123 e. The molecule has 1 aromatic carbocycles. The molecule has 0 aliphatic carbocycles. The Kier molecular flexibility index (Phi) is 3.61. The number of aliphatic hydroxyl groups is 1. The summed E-state index contributed by atoms with van der Waals surface area (Å²) in [5.74, 6) is -0.284. The van der Waals surface area contributed by atoms with Gasteiger partial charge in [-0.15, -0.1) is 0 Å². The lowest BCUT2D eigenvalue weighted by molar-refractivity contribution is 0.0575. The van der Waals surface area contributed by atoms with E-state index in [1.807, 2.05) is 6.92 Å². The van der Waals surface area contributed by atoms with Crippen LogP contribution >= 0.6 is 0 Å². The van der Waals surface area contributed by atoms with Gasteiger partial charge in [0.2, 0.25) is 0 Å². The van der Waals surface area contributed by atoms with Crippen molar-refractivity contribution in [2.24, 2.45) is 0 Å². The van der Waals surface area contributed by atoms with Gasteiger partial charge in [-0.05, 0) is 31.2 Å². The van der Waals surface area contributed by atoms with E-state index in [-0.39, 0.29) is 5.82 Å². The van der Waals surface area contributed by atoms with Crippen molar-refractivity contribution in [2.75, 3.05) is 13.1 Å². The number of likely N-dealkylation sites (N-methyl/N-ethyl adjacent to an activating group) is 1. The first kappa shape index (κ1) is 11.1. The third kappa shape index (κ3) is 2.79. The molecule has 0 amide bonds. The quantitative estimate of drug-likeness (QED) is 0.769. The minimum Gasteiger partial charge on any atom is -0.384 e. The second-order valence-corrected chi connectivity index (χ2v) is 3.56. The lowest BCUT2D eigenvalue weighted by Crippen LogP contribution is -2.35. The van der Waals surface area contributed by atoms with Crippen LogP contribution in [0.25, 0.3) is 0 Å². The highest BCUT2D eigenvalue weighted by atomic mass is 19.1. The van der Waals surface area contributed by atoms with Crippen molar-refractivity contribution in [3.05, 3.63) is 35.6 Å². The molecule has 1 atom stereocenters. The summed E-state index contributed by atoms with van der Waals surface area (Å²) in [6, 6.07) is 5.92. The van der Waals surface area contributed by atoms with E-state index in [2.05, 4.69) is 5.32 Å². The number of hydrogen-bond donors (Lipinski definition) is 2. The lowest BCUT2D eigenvalue weighted by atomic mass is 9.96. The highest BCUT2D eigenvalue weighted by molar-refractivity contribution is 5.22. The highest BCUT2D eigenvalue weighted by Crippen LogP contribution is 2.19. The molecule has 0 aliphatic heterocycles. The molecule has 0 spiro atoms. The van der Waals surface area contributed by atoms with Gasteiger partial charge in [-0.1, -0.05) is 19.1 Å². The molecule has 78 valence electrons. The fourth-order valence-corrected chi connectivity index (χ4v) is 1.28. The monoisotopic (exact) mass is 197 g/mol. The minimum atomic E-state index is -0.941. The molecule has 2 nitrogen and oxygen atoms in total. The fourth-order valence-electron chi connectivity index (χ4n) is 1.28. The average Bonchev–Trinajstić information content (AvgIpc) is 2.16. The third-order valence-corrected chi connectivity index (χ3v) is 2.19. The van der Waals surface area contributed by atoms with E-state index in [9.17, 15) is 9.50 Å². The molecule has 0 saturated carbocycles. The second kappa shape index (κ2) is 4.53. The maximum atomic E-state index is 12.6. The Morgan fingerprint density at radius 3 is 2.43 bits per heavy atom. The van der Waals surface area contributed by atoms with Gasteiger partial charge in [0, 0.05) is 6.54 Å². The molecule has 1 rings (SSSR count). The van der Waals surface area contributed by atoms with Gasteiger partial charge >= 0.3 is 0 Å². The van der Waals surface area contributed by atoms with E-state index >= 15 is 0 Å². The van der Waals surface area contributed by atoms with Crippen LogP contribution in [0.1, 0.15) is 19.4 Å². The van der Waals surface area contributed by atoms with E-state index in [4.69, 9.17) is 0 Å². The number of halogens is 1. The first-order valence-corrected chi connectivity index (χ1v) is 4.75. The topological polar surface area (TPSA) is 32.3 Å². The summed E-state index contributed by atoms with van der Waals surface area (Å²) in [6.45, 7) is 4.95. The van der Waals surface area contributed by atoms with Crippen LogP contribution in [-0.4, -0.2) is 18.2 Å². The van der Waals surface area contributed by atoms with Gasteiger partial charge < -0.3 is 10.4 Å². The zero-order valence-electron chi connectivity index (χ0n) is 8.55. The zero-order chi connectivity index (χ0) is 10.6. The van der Waals surface area contributed by atoms with E-state index in [0.717, 1.165) is 12.1 Å². The normalized spacial score (nSPS) is 15.1. The van der Waals surface area contributed by atoms with Gasteiger partial charge in [-0.25, -0.2) is 4.39 Å². The molecule has 14 heavy (non-hydrogen) atoms. The summed E-state index contributed by atoms with van der Waals surface area (Å²) in [5.41, 5.74) is -0.219. The van der Waals surface area contributed by atoms with E-state index in [1.54, 1.807) is 19.1 Å². The maximum absolute atomic E-state index is 12.6. The van der Waals surface area contributed by atoms with E-state index in [1.165, 1.54) is 12.1 Å². The van der Waals surface area contributed by atoms with Crippen LogP contribution in [0.2, 0.25) is 0 Å². The van der Waals surface area contributed by atoms with Gasteiger partial charge in [0.15, 0.2) is 0 Å². The molecular formula is C11H16FNO. The average molecular weight is 197 g/mol. The lowest BCUT2D eigenvalue weighted by Gasteiger charge is -2.23. The van der Waals surface area contributed by atoms with Crippen LogP contribution < -0.4 is 5.32 Å². The first-order chi connectivity index (χ1) is 6.56. The standard InChI is InChI=1S/C11H16FNO/c1-3-13-8-11(2,14)9-4-6-10(12)7-5-9/h4-7,13-14H,3,8H2,1-2H3. The molecule has 0 bridgehead atoms. The van der Waals surface area contributed by atoms with Gasteiger partial charge in [-0.2, -0.15) is 0 Å². The zero-order valence-corrected chi connectivity index (χ0v) is 8.55. The Labute approximate surface area is 83.8 Å². The molecule has 0 saturated heterocycles. The van der Waals surface area contributed by atoms with Crippen molar-refractivity contribution < 1.29 is 9.50 Å². The van der Waals surface area contributed by atoms with Crippen LogP contribution in [0, 0.1) is 5.82 Å². The molecular weight excluding hydrogens is 181 g/mol. The number of hydrogen-bond acceptors (Lipinski definition) is 2. The SMILES string of the molecule is CCNCC(C)(O)c1ccc(F)cc1. The summed E-state index contributed by atoms with van der Waals surface area (Å²) < 4.78 is 12.6. The van der Waals surface area contributed by atoms with Gasteiger partial charge in [0.25, 0.3) is 0 Å². The molecule has 0 radical (unpaired) electrons. The third-order valence-electron chi connectivity index (χ3n) is 2.19. The molecule has 1 unspecified atom stereocenters. The fraction of sp³-hybridized carbons (Fsp3) is 0.455. The highest BCUT2D eigenvalue weighted by Gasteiger charge is 2.21. The van der Waals surface area contributed by atoms with Crippen LogP contribution in [0.4, 0.5) is 4.39 Å². The predicted molar refractivity (Wildman–Crippen MR) is 54.5 cm³/mol. The van der Waals surface area contributed by atoms with Gasteiger partial charge in [0.05, 0.1) is 5.60 Å². The largest absolute Gasteiger partial charge is 0.384 e. The van der Waals surface area contributed by atoms with Crippen molar-refractivity contribution in [3.63, 3.8) is 0 Å². The van der Waals surface area contributed by atoms with Gasteiger partial charge in [-0.3, -0.25) is 0 Å². The molecule has 1 aromatic rings. The second-order valence-electron chi connectivity index (χ2n) is 3.56. The summed E-state index contributed by atoms with van der Waals surface area (Å²) in [5, 5.41) is 13.1. The Hall–Kier alpha value is -0.930. The van der Waals surface area contributed by atoms with Crippen LogP contribution in [0.3, 0.4) is 0 Å². The van der Waals surface area contributed by atoms with Crippen molar-refractivity contribution in [1.29, 1.82) is 0 Å². The number of rotatable bonds is 4. The van der Waals surface area contributed by atoms with Crippen molar-refractivity contribution in [2.45, 2.75) is 19.4 Å². The molecule has 3 heteroatoms. The van der Waals surface area contributed by atoms with Crippen LogP contribution in [0.5, 0.6) is 0 Å². The Balaban J connectivity index is 2.75. The smallest absolute Gasteiger partial charge is 0.123 e. The summed E-state index contributed by atoms with van der Waals surface area (Å²) >= 11 is 0. The van der Waals surface area contributed by atoms with E-state index < -0.39 is 5.60 Å². The first-order valence-electron chi connectivity index (χ1n) is 4.75. The predicted octanol–water partition coefficient (Wildman–Crippen LogP) is 1.64. The molecule has 2 N–H and O–H groups in total. The van der Waals surface area contributed by atoms with Crippen LogP contribution in [0.15, 0.2) is 24.3 Å². The van der Waals surface area contributed by atoms with E-state index in [0.29, 0.717) is 6.54 Å².